The third-order valence-electron chi connectivity index (χ3n) is 3.94. The van der Waals surface area contributed by atoms with Gasteiger partial charge in [-0.05, 0) is 49.9 Å². The van der Waals surface area contributed by atoms with E-state index in [2.05, 4.69) is 4.98 Å². The van der Waals surface area contributed by atoms with Crippen molar-refractivity contribution >= 4 is 16.9 Å². The summed E-state index contributed by atoms with van der Waals surface area (Å²) in [5.41, 5.74) is -0.179. The van der Waals surface area contributed by atoms with Crippen LogP contribution in [0.3, 0.4) is 0 Å². The summed E-state index contributed by atoms with van der Waals surface area (Å²) in [6.45, 7) is 0. The molecule has 0 aliphatic heterocycles. The van der Waals surface area contributed by atoms with E-state index in [0.29, 0.717) is 18.6 Å². The lowest BCUT2D eigenvalue weighted by Gasteiger charge is -2.33. The number of nitrogens with zero attached hydrogens (tertiary/aromatic N) is 1. The van der Waals surface area contributed by atoms with Crippen LogP contribution < -0.4 is 4.74 Å². The molecule has 4 heteroatoms. The highest BCUT2D eigenvalue weighted by atomic mass is 16.5. The normalized spacial score (nSPS) is 17.8. The number of rotatable bonds is 3. The van der Waals surface area contributed by atoms with Crippen LogP contribution in [0.15, 0.2) is 36.5 Å². The summed E-state index contributed by atoms with van der Waals surface area (Å²) in [6, 6.07) is 9.34. The van der Waals surface area contributed by atoms with Crippen molar-refractivity contribution in [2.24, 2.45) is 0 Å². The zero-order chi connectivity index (χ0) is 14.0. The number of benzene rings is 1. The molecule has 1 aromatic heterocycles. The molecule has 1 aliphatic rings. The van der Waals surface area contributed by atoms with Gasteiger partial charge in [-0.3, -0.25) is 4.98 Å². The van der Waals surface area contributed by atoms with Gasteiger partial charge in [0.05, 0.1) is 5.52 Å². The predicted molar refractivity (Wildman–Crippen MR) is 75.8 cm³/mol. The van der Waals surface area contributed by atoms with Crippen LogP contribution in [0.25, 0.3) is 10.9 Å². The summed E-state index contributed by atoms with van der Waals surface area (Å²) in [7, 11) is 0. The van der Waals surface area contributed by atoms with Gasteiger partial charge >= 0.3 is 5.97 Å². The fourth-order valence-corrected chi connectivity index (χ4v) is 2.83. The first kappa shape index (κ1) is 12.9. The SMILES string of the molecule is O=C(O)C1(Oc2ccc3ncccc3c2)CCCCC1. The minimum absolute atomic E-state index is 0.577. The van der Waals surface area contributed by atoms with Gasteiger partial charge in [0, 0.05) is 11.6 Å². The summed E-state index contributed by atoms with van der Waals surface area (Å²) < 4.78 is 5.89. The number of carboxylic acid groups (broad SMARTS) is 1. The lowest BCUT2D eigenvalue weighted by atomic mass is 9.84. The molecular weight excluding hydrogens is 254 g/mol. The van der Waals surface area contributed by atoms with Crippen molar-refractivity contribution in [2.45, 2.75) is 37.7 Å². The van der Waals surface area contributed by atoms with E-state index >= 15 is 0 Å². The average molecular weight is 271 g/mol. The standard InChI is InChI=1S/C16H17NO3/c18-15(19)16(8-2-1-3-9-16)20-13-6-7-14-12(11-13)5-4-10-17-14/h4-7,10-11H,1-3,8-9H2,(H,18,19). The van der Waals surface area contributed by atoms with Crippen LogP contribution in [-0.2, 0) is 4.79 Å². The fraction of sp³-hybridized carbons (Fsp3) is 0.375. The molecule has 1 fully saturated rings. The number of hydrogen-bond acceptors (Lipinski definition) is 3. The monoisotopic (exact) mass is 271 g/mol. The van der Waals surface area contributed by atoms with Gasteiger partial charge in [0.15, 0.2) is 0 Å². The zero-order valence-corrected chi connectivity index (χ0v) is 11.2. The maximum atomic E-state index is 11.6. The van der Waals surface area contributed by atoms with Crippen molar-refractivity contribution in [3.8, 4) is 5.75 Å². The van der Waals surface area contributed by atoms with Crippen molar-refractivity contribution in [2.75, 3.05) is 0 Å². The molecule has 0 saturated heterocycles. The van der Waals surface area contributed by atoms with E-state index in [-0.39, 0.29) is 0 Å². The first-order chi connectivity index (χ1) is 9.70. The van der Waals surface area contributed by atoms with Crippen LogP contribution in [0, 0.1) is 0 Å². The van der Waals surface area contributed by atoms with Crippen LogP contribution in [0.1, 0.15) is 32.1 Å². The number of ether oxygens (including phenoxy) is 1. The number of pyridine rings is 1. The van der Waals surface area contributed by atoms with Crippen molar-refractivity contribution < 1.29 is 14.6 Å². The first-order valence-corrected chi connectivity index (χ1v) is 6.97. The molecule has 20 heavy (non-hydrogen) atoms. The van der Waals surface area contributed by atoms with Crippen LogP contribution in [0.2, 0.25) is 0 Å². The fourth-order valence-electron chi connectivity index (χ4n) is 2.83. The van der Waals surface area contributed by atoms with E-state index < -0.39 is 11.6 Å². The third kappa shape index (κ3) is 2.33. The Morgan fingerprint density at radius 1 is 1.20 bits per heavy atom. The van der Waals surface area contributed by atoms with E-state index in [4.69, 9.17) is 4.74 Å². The number of carboxylic acids is 1. The highest BCUT2D eigenvalue weighted by Gasteiger charge is 2.42. The molecule has 0 radical (unpaired) electrons. The second kappa shape index (κ2) is 5.12. The number of fused-ring (bicyclic) bond motifs is 1. The van der Waals surface area contributed by atoms with E-state index in [9.17, 15) is 9.90 Å². The Hall–Kier alpha value is -2.10. The molecular formula is C16H17NO3. The Balaban J connectivity index is 1.92. The van der Waals surface area contributed by atoms with Crippen molar-refractivity contribution in [1.29, 1.82) is 0 Å². The largest absolute Gasteiger partial charge is 0.478 e. The second-order valence-electron chi connectivity index (χ2n) is 5.32. The van der Waals surface area contributed by atoms with Gasteiger partial charge in [-0.25, -0.2) is 4.79 Å². The van der Waals surface area contributed by atoms with Crippen LogP contribution >= 0.6 is 0 Å². The minimum Gasteiger partial charge on any atom is -0.478 e. The van der Waals surface area contributed by atoms with E-state index in [1.54, 1.807) is 12.3 Å². The maximum absolute atomic E-state index is 11.6. The van der Waals surface area contributed by atoms with Gasteiger partial charge in [-0.1, -0.05) is 12.5 Å². The molecule has 0 amide bonds. The molecule has 1 aromatic carbocycles. The van der Waals surface area contributed by atoms with Crippen LogP contribution in [0.4, 0.5) is 0 Å². The van der Waals surface area contributed by atoms with Gasteiger partial charge in [-0.15, -0.1) is 0 Å². The number of carbonyl (C=O) groups is 1. The molecule has 0 spiro atoms. The molecule has 0 atom stereocenters. The van der Waals surface area contributed by atoms with E-state index in [1.165, 1.54) is 0 Å². The smallest absolute Gasteiger partial charge is 0.348 e. The summed E-state index contributed by atoms with van der Waals surface area (Å²) in [5, 5.41) is 10.5. The predicted octanol–water partition coefficient (Wildman–Crippen LogP) is 3.40. The quantitative estimate of drug-likeness (QED) is 0.929. The Bertz CT molecular complexity index is 632. The summed E-state index contributed by atoms with van der Waals surface area (Å²) in [5.74, 6) is -0.252. The highest BCUT2D eigenvalue weighted by molar-refractivity contribution is 5.81. The molecule has 3 rings (SSSR count). The lowest BCUT2D eigenvalue weighted by molar-refractivity contribution is -0.158. The van der Waals surface area contributed by atoms with E-state index in [0.717, 1.165) is 30.2 Å². The molecule has 1 saturated carbocycles. The van der Waals surface area contributed by atoms with E-state index in [1.807, 2.05) is 24.3 Å². The zero-order valence-electron chi connectivity index (χ0n) is 11.2. The first-order valence-electron chi connectivity index (χ1n) is 6.97. The second-order valence-corrected chi connectivity index (χ2v) is 5.32. The topological polar surface area (TPSA) is 59.4 Å². The van der Waals surface area contributed by atoms with Crippen molar-refractivity contribution in [1.82, 2.24) is 4.98 Å². The Morgan fingerprint density at radius 2 is 2.00 bits per heavy atom. The maximum Gasteiger partial charge on any atom is 0.348 e. The van der Waals surface area contributed by atoms with Gasteiger partial charge in [0.2, 0.25) is 5.60 Å². The molecule has 4 nitrogen and oxygen atoms in total. The summed E-state index contributed by atoms with van der Waals surface area (Å²) in [4.78, 5) is 15.9. The van der Waals surface area contributed by atoms with Gasteiger partial charge in [0.25, 0.3) is 0 Å². The van der Waals surface area contributed by atoms with Crippen LogP contribution in [-0.4, -0.2) is 21.7 Å². The van der Waals surface area contributed by atoms with Crippen molar-refractivity contribution in [3.05, 3.63) is 36.5 Å². The Labute approximate surface area is 117 Å². The van der Waals surface area contributed by atoms with Crippen LogP contribution in [0.5, 0.6) is 5.75 Å². The number of aliphatic carboxylic acids is 1. The molecule has 1 N–H and O–H groups in total. The summed E-state index contributed by atoms with van der Waals surface area (Å²) >= 11 is 0. The van der Waals surface area contributed by atoms with Gasteiger partial charge < -0.3 is 9.84 Å². The number of hydrogen-bond donors (Lipinski definition) is 1. The molecule has 104 valence electrons. The number of aromatic nitrogens is 1. The third-order valence-corrected chi connectivity index (χ3v) is 3.94. The van der Waals surface area contributed by atoms with Crippen molar-refractivity contribution in [3.63, 3.8) is 0 Å². The molecule has 2 aromatic rings. The summed E-state index contributed by atoms with van der Waals surface area (Å²) in [6.07, 6.45) is 5.78. The molecule has 1 heterocycles. The Kier molecular flexibility index (Phi) is 3.30. The lowest BCUT2D eigenvalue weighted by Crippen LogP contribution is -2.46. The van der Waals surface area contributed by atoms with Gasteiger partial charge in [0.1, 0.15) is 5.75 Å². The average Bonchev–Trinajstić information content (AvgIpc) is 2.48. The minimum atomic E-state index is -1.06. The molecule has 1 aliphatic carbocycles. The van der Waals surface area contributed by atoms with Gasteiger partial charge in [-0.2, -0.15) is 0 Å². The Morgan fingerprint density at radius 3 is 2.75 bits per heavy atom. The molecule has 0 unspecified atom stereocenters. The highest BCUT2D eigenvalue weighted by Crippen LogP contribution is 2.34. The molecule has 0 bridgehead atoms.